The van der Waals surface area contributed by atoms with Crippen molar-refractivity contribution in [3.8, 4) is 23.2 Å². The molecular weight excluding hydrogens is 430 g/mol. The molecule has 1 aliphatic rings. The van der Waals surface area contributed by atoms with Gasteiger partial charge in [-0.3, -0.25) is 9.69 Å². The van der Waals surface area contributed by atoms with Crippen molar-refractivity contribution >= 4 is 5.91 Å². The smallest absolute Gasteiger partial charge is 0.260 e. The third-order valence-corrected chi connectivity index (χ3v) is 5.94. The number of carbonyl (C=O) groups is 1. The summed E-state index contributed by atoms with van der Waals surface area (Å²) in [6.07, 6.45) is 2.03. The van der Waals surface area contributed by atoms with Gasteiger partial charge in [0, 0.05) is 38.2 Å². The van der Waals surface area contributed by atoms with E-state index in [0.717, 1.165) is 43.6 Å². The van der Waals surface area contributed by atoms with Crippen LogP contribution in [0.1, 0.15) is 23.4 Å². The minimum absolute atomic E-state index is 0.00440. The standard InChI is InChI=1S/C26H29N5O3/c1-20-4-8-22(9-5-20)26-28-24(34-29-26)3-2-14-30-15-17-31(18-16-30)25(32)19-33-23-10-6-21(7-11-23)12-13-27/h4-11H,2-3,12,14-19H2,1H3. The predicted octanol–water partition coefficient (Wildman–Crippen LogP) is 3.27. The highest BCUT2D eigenvalue weighted by atomic mass is 16.5. The van der Waals surface area contributed by atoms with Gasteiger partial charge in [0.25, 0.3) is 5.91 Å². The molecule has 0 N–H and O–H groups in total. The van der Waals surface area contributed by atoms with Crippen molar-refractivity contribution in [1.82, 2.24) is 19.9 Å². The largest absolute Gasteiger partial charge is 0.484 e. The number of rotatable bonds is 9. The summed E-state index contributed by atoms with van der Waals surface area (Å²) in [5.74, 6) is 1.92. The molecule has 3 aromatic rings. The zero-order valence-electron chi connectivity index (χ0n) is 19.4. The molecule has 8 nitrogen and oxygen atoms in total. The fourth-order valence-electron chi connectivity index (χ4n) is 3.88. The molecule has 0 aliphatic carbocycles. The fourth-order valence-corrected chi connectivity index (χ4v) is 3.88. The summed E-state index contributed by atoms with van der Waals surface area (Å²) in [5.41, 5.74) is 3.09. The summed E-state index contributed by atoms with van der Waals surface area (Å²) in [6.45, 7) is 6.07. The van der Waals surface area contributed by atoms with Crippen molar-refractivity contribution in [3.05, 3.63) is 65.5 Å². The van der Waals surface area contributed by atoms with Gasteiger partial charge in [-0.1, -0.05) is 47.1 Å². The molecule has 1 aromatic heterocycles. The van der Waals surface area contributed by atoms with Crippen LogP contribution in [-0.4, -0.2) is 65.2 Å². The minimum Gasteiger partial charge on any atom is -0.484 e. The molecule has 4 rings (SSSR count). The molecule has 2 heterocycles. The zero-order valence-corrected chi connectivity index (χ0v) is 19.4. The van der Waals surface area contributed by atoms with Crippen LogP contribution in [0.5, 0.6) is 5.75 Å². The van der Waals surface area contributed by atoms with Crippen LogP contribution < -0.4 is 4.74 Å². The number of nitrogens with zero attached hydrogens (tertiary/aromatic N) is 5. The molecule has 0 saturated carbocycles. The van der Waals surface area contributed by atoms with Gasteiger partial charge in [0.15, 0.2) is 6.61 Å². The average molecular weight is 460 g/mol. The van der Waals surface area contributed by atoms with E-state index < -0.39 is 0 Å². The van der Waals surface area contributed by atoms with Gasteiger partial charge in [0.05, 0.1) is 12.5 Å². The number of nitriles is 1. The highest BCUT2D eigenvalue weighted by molar-refractivity contribution is 5.77. The number of benzene rings is 2. The second-order valence-corrected chi connectivity index (χ2v) is 8.47. The Morgan fingerprint density at radius 2 is 1.82 bits per heavy atom. The fraction of sp³-hybridized carbons (Fsp3) is 0.385. The summed E-state index contributed by atoms with van der Waals surface area (Å²) in [6, 6.07) is 17.5. The molecule has 1 amide bonds. The van der Waals surface area contributed by atoms with Crippen LogP contribution in [0.2, 0.25) is 0 Å². The van der Waals surface area contributed by atoms with Crippen LogP contribution in [-0.2, 0) is 17.6 Å². The lowest BCUT2D eigenvalue weighted by molar-refractivity contribution is -0.135. The van der Waals surface area contributed by atoms with E-state index in [1.807, 2.05) is 48.2 Å². The van der Waals surface area contributed by atoms with Crippen LogP contribution in [0.15, 0.2) is 53.1 Å². The van der Waals surface area contributed by atoms with Gasteiger partial charge < -0.3 is 14.2 Å². The first kappa shape index (κ1) is 23.5. The number of piperazine rings is 1. The van der Waals surface area contributed by atoms with Crippen LogP contribution in [0, 0.1) is 18.3 Å². The van der Waals surface area contributed by atoms with Crippen LogP contribution in [0.3, 0.4) is 0 Å². The number of hydrogen-bond donors (Lipinski definition) is 0. The monoisotopic (exact) mass is 459 g/mol. The van der Waals surface area contributed by atoms with Crippen molar-refractivity contribution in [3.63, 3.8) is 0 Å². The van der Waals surface area contributed by atoms with Crippen molar-refractivity contribution < 1.29 is 14.1 Å². The Labute approximate surface area is 199 Å². The molecule has 0 bridgehead atoms. The summed E-state index contributed by atoms with van der Waals surface area (Å²) in [5, 5.41) is 12.8. The molecule has 2 aromatic carbocycles. The summed E-state index contributed by atoms with van der Waals surface area (Å²) >= 11 is 0. The molecule has 8 heteroatoms. The van der Waals surface area contributed by atoms with Crippen molar-refractivity contribution in [2.75, 3.05) is 39.3 Å². The Morgan fingerprint density at radius 1 is 1.09 bits per heavy atom. The van der Waals surface area contributed by atoms with E-state index in [1.54, 1.807) is 12.1 Å². The average Bonchev–Trinajstić information content (AvgIpc) is 3.33. The molecule has 0 unspecified atom stereocenters. The number of ether oxygens (including phenoxy) is 1. The van der Waals surface area contributed by atoms with E-state index in [2.05, 4.69) is 21.1 Å². The highest BCUT2D eigenvalue weighted by Crippen LogP contribution is 2.17. The lowest BCUT2D eigenvalue weighted by Crippen LogP contribution is -2.50. The third kappa shape index (κ3) is 6.42. The van der Waals surface area contributed by atoms with Gasteiger partial charge in [0.1, 0.15) is 5.75 Å². The van der Waals surface area contributed by atoms with E-state index in [0.29, 0.717) is 37.0 Å². The maximum atomic E-state index is 12.5. The topological polar surface area (TPSA) is 95.5 Å². The third-order valence-electron chi connectivity index (χ3n) is 5.94. The number of hydrogen-bond acceptors (Lipinski definition) is 7. The number of carbonyl (C=O) groups excluding carboxylic acids is 1. The normalized spacial score (nSPS) is 14.1. The lowest BCUT2D eigenvalue weighted by atomic mass is 10.1. The summed E-state index contributed by atoms with van der Waals surface area (Å²) < 4.78 is 11.0. The molecule has 0 atom stereocenters. The molecule has 34 heavy (non-hydrogen) atoms. The molecule has 176 valence electrons. The maximum absolute atomic E-state index is 12.5. The lowest BCUT2D eigenvalue weighted by Gasteiger charge is -2.34. The van der Waals surface area contributed by atoms with E-state index >= 15 is 0 Å². The van der Waals surface area contributed by atoms with E-state index in [-0.39, 0.29) is 12.5 Å². The van der Waals surface area contributed by atoms with E-state index in [1.165, 1.54) is 5.56 Å². The second-order valence-electron chi connectivity index (χ2n) is 8.47. The highest BCUT2D eigenvalue weighted by Gasteiger charge is 2.21. The van der Waals surface area contributed by atoms with E-state index in [9.17, 15) is 4.79 Å². The van der Waals surface area contributed by atoms with Crippen molar-refractivity contribution in [2.45, 2.75) is 26.2 Å². The Morgan fingerprint density at radius 3 is 2.53 bits per heavy atom. The van der Waals surface area contributed by atoms with Crippen LogP contribution in [0.4, 0.5) is 0 Å². The van der Waals surface area contributed by atoms with Gasteiger partial charge in [-0.2, -0.15) is 10.2 Å². The van der Waals surface area contributed by atoms with Crippen LogP contribution >= 0.6 is 0 Å². The van der Waals surface area contributed by atoms with Gasteiger partial charge in [-0.25, -0.2) is 0 Å². The molecule has 1 aliphatic heterocycles. The second kappa shape index (κ2) is 11.4. The first-order chi connectivity index (χ1) is 16.6. The molecular formula is C26H29N5O3. The molecule has 1 fully saturated rings. The van der Waals surface area contributed by atoms with Gasteiger partial charge >= 0.3 is 0 Å². The Bertz CT molecular complexity index is 1110. The minimum atomic E-state index is -0.00440. The van der Waals surface area contributed by atoms with Crippen molar-refractivity contribution in [2.24, 2.45) is 0 Å². The molecule has 1 saturated heterocycles. The zero-order chi connectivity index (χ0) is 23.8. The quantitative estimate of drug-likeness (QED) is 0.485. The summed E-state index contributed by atoms with van der Waals surface area (Å²) in [4.78, 5) is 21.2. The molecule has 0 spiro atoms. The Balaban J connectivity index is 1.14. The number of amides is 1. The Kier molecular flexibility index (Phi) is 7.89. The predicted molar refractivity (Wildman–Crippen MR) is 127 cm³/mol. The SMILES string of the molecule is Cc1ccc(-c2noc(CCCN3CCN(C(=O)COc4ccc(CC#N)cc4)CC3)n2)cc1. The number of aromatic nitrogens is 2. The first-order valence-corrected chi connectivity index (χ1v) is 11.6. The molecule has 0 radical (unpaired) electrons. The summed E-state index contributed by atoms with van der Waals surface area (Å²) in [7, 11) is 0. The number of aryl methyl sites for hydroxylation is 2. The van der Waals surface area contributed by atoms with Gasteiger partial charge in [-0.15, -0.1) is 0 Å². The van der Waals surface area contributed by atoms with Gasteiger partial charge in [-0.05, 0) is 37.6 Å². The van der Waals surface area contributed by atoms with E-state index in [4.69, 9.17) is 14.5 Å². The Hall–Kier alpha value is -3.70. The van der Waals surface area contributed by atoms with Crippen molar-refractivity contribution in [1.29, 1.82) is 5.26 Å². The van der Waals surface area contributed by atoms with Crippen LogP contribution in [0.25, 0.3) is 11.4 Å². The first-order valence-electron chi connectivity index (χ1n) is 11.6. The van der Waals surface area contributed by atoms with Gasteiger partial charge in [0.2, 0.25) is 11.7 Å². The maximum Gasteiger partial charge on any atom is 0.260 e.